The molecule has 124 valence electrons. The number of hydrogen-bond acceptors (Lipinski definition) is 5. The summed E-state index contributed by atoms with van der Waals surface area (Å²) >= 11 is 1.47. The van der Waals surface area contributed by atoms with Crippen molar-refractivity contribution in [3.8, 4) is 10.6 Å². The van der Waals surface area contributed by atoms with Gasteiger partial charge in [0.15, 0.2) is 5.82 Å². The highest BCUT2D eigenvalue weighted by Gasteiger charge is 2.13. The van der Waals surface area contributed by atoms with Gasteiger partial charge in [0.05, 0.1) is 0 Å². The Morgan fingerprint density at radius 3 is 2.76 bits per heavy atom. The number of benzene rings is 2. The van der Waals surface area contributed by atoms with E-state index in [9.17, 15) is 4.79 Å². The first-order valence-corrected chi connectivity index (χ1v) is 8.64. The van der Waals surface area contributed by atoms with Crippen LogP contribution in [-0.4, -0.2) is 25.7 Å². The summed E-state index contributed by atoms with van der Waals surface area (Å²) in [6.45, 7) is 1.49. The molecule has 1 amide bonds. The summed E-state index contributed by atoms with van der Waals surface area (Å²) in [6.07, 6.45) is 0.678. The van der Waals surface area contributed by atoms with Crippen LogP contribution in [0.5, 0.6) is 0 Å². The van der Waals surface area contributed by atoms with Crippen LogP contribution in [0, 0.1) is 0 Å². The van der Waals surface area contributed by atoms with Gasteiger partial charge in [-0.3, -0.25) is 4.79 Å². The Kier molecular flexibility index (Phi) is 3.99. The van der Waals surface area contributed by atoms with Crippen molar-refractivity contribution in [2.24, 2.45) is 0 Å². The summed E-state index contributed by atoms with van der Waals surface area (Å²) in [6, 6.07) is 17.8. The van der Waals surface area contributed by atoms with Crippen molar-refractivity contribution in [3.63, 3.8) is 0 Å². The number of hydrogen-bond donors (Lipinski definition) is 1. The first-order valence-electron chi connectivity index (χ1n) is 7.82. The number of nitrogens with zero attached hydrogens (tertiary/aromatic N) is 4. The maximum atomic E-state index is 11.2. The van der Waals surface area contributed by atoms with Gasteiger partial charge in [0.1, 0.15) is 5.01 Å². The zero-order chi connectivity index (χ0) is 17.2. The van der Waals surface area contributed by atoms with Crippen LogP contribution in [-0.2, 0) is 11.2 Å². The second-order valence-electron chi connectivity index (χ2n) is 5.64. The molecule has 7 heteroatoms. The lowest BCUT2D eigenvalue weighted by molar-refractivity contribution is -0.114. The van der Waals surface area contributed by atoms with E-state index in [1.807, 2.05) is 42.5 Å². The third-order valence-corrected chi connectivity index (χ3v) is 4.64. The fourth-order valence-corrected chi connectivity index (χ4v) is 3.45. The lowest BCUT2D eigenvalue weighted by atomic mass is 10.1. The van der Waals surface area contributed by atoms with Gasteiger partial charge in [-0.25, -0.2) is 0 Å². The van der Waals surface area contributed by atoms with Gasteiger partial charge in [-0.05, 0) is 17.7 Å². The number of fused-ring (bicyclic) bond motifs is 1. The Labute approximate surface area is 148 Å². The number of carbonyl (C=O) groups excluding carboxylic acids is 1. The molecule has 0 fully saturated rings. The van der Waals surface area contributed by atoms with E-state index in [-0.39, 0.29) is 5.91 Å². The van der Waals surface area contributed by atoms with Crippen LogP contribution in [0.2, 0.25) is 0 Å². The summed E-state index contributed by atoms with van der Waals surface area (Å²) in [5, 5.41) is 16.8. The molecular weight excluding hydrogens is 334 g/mol. The SMILES string of the molecule is CC(=O)Nc1cccc(-c2nn3c(Cc4ccccc4)nnc3s2)c1. The maximum absolute atomic E-state index is 11.2. The molecule has 0 unspecified atom stereocenters. The van der Waals surface area contributed by atoms with Crippen LogP contribution < -0.4 is 5.32 Å². The molecule has 4 aromatic rings. The van der Waals surface area contributed by atoms with E-state index in [0.29, 0.717) is 6.42 Å². The number of nitrogens with one attached hydrogen (secondary N) is 1. The second-order valence-corrected chi connectivity index (χ2v) is 6.60. The normalized spacial score (nSPS) is 10.9. The third-order valence-electron chi connectivity index (χ3n) is 3.69. The van der Waals surface area contributed by atoms with Crippen molar-refractivity contribution in [1.29, 1.82) is 0 Å². The summed E-state index contributed by atoms with van der Waals surface area (Å²) in [5.41, 5.74) is 2.85. The second kappa shape index (κ2) is 6.45. The molecule has 0 saturated carbocycles. The first kappa shape index (κ1) is 15.5. The average Bonchev–Trinajstić information content (AvgIpc) is 3.18. The van der Waals surface area contributed by atoms with Gasteiger partial charge in [-0.2, -0.15) is 9.61 Å². The predicted molar refractivity (Wildman–Crippen MR) is 97.6 cm³/mol. The minimum Gasteiger partial charge on any atom is -0.326 e. The van der Waals surface area contributed by atoms with Crippen LogP contribution >= 0.6 is 11.3 Å². The van der Waals surface area contributed by atoms with Crippen molar-refractivity contribution in [3.05, 3.63) is 66.0 Å². The molecule has 4 rings (SSSR count). The smallest absolute Gasteiger partial charge is 0.234 e. The average molecular weight is 349 g/mol. The minimum atomic E-state index is -0.0968. The predicted octanol–water partition coefficient (Wildman–Crippen LogP) is 3.40. The van der Waals surface area contributed by atoms with Crippen molar-refractivity contribution in [2.75, 3.05) is 5.32 Å². The quantitative estimate of drug-likeness (QED) is 0.613. The van der Waals surface area contributed by atoms with Crippen molar-refractivity contribution in [1.82, 2.24) is 19.8 Å². The lowest BCUT2D eigenvalue weighted by Gasteiger charge is -2.03. The first-order chi connectivity index (χ1) is 12.2. The Morgan fingerprint density at radius 1 is 1.12 bits per heavy atom. The van der Waals surface area contributed by atoms with Gasteiger partial charge in [0, 0.05) is 24.6 Å². The third kappa shape index (κ3) is 3.27. The molecule has 25 heavy (non-hydrogen) atoms. The van der Waals surface area contributed by atoms with Gasteiger partial charge in [0.2, 0.25) is 10.9 Å². The van der Waals surface area contributed by atoms with E-state index < -0.39 is 0 Å². The molecule has 0 radical (unpaired) electrons. The van der Waals surface area contributed by atoms with Crippen LogP contribution in [0.25, 0.3) is 15.5 Å². The zero-order valence-corrected chi connectivity index (χ0v) is 14.3. The van der Waals surface area contributed by atoms with Crippen LogP contribution in [0.1, 0.15) is 18.3 Å². The number of rotatable bonds is 4. The molecule has 0 bridgehead atoms. The van der Waals surface area contributed by atoms with Crippen molar-refractivity contribution >= 4 is 27.9 Å². The van der Waals surface area contributed by atoms with E-state index in [4.69, 9.17) is 0 Å². The highest BCUT2D eigenvalue weighted by atomic mass is 32.1. The maximum Gasteiger partial charge on any atom is 0.234 e. The Morgan fingerprint density at radius 2 is 1.96 bits per heavy atom. The van der Waals surface area contributed by atoms with E-state index >= 15 is 0 Å². The van der Waals surface area contributed by atoms with Gasteiger partial charge >= 0.3 is 0 Å². The molecule has 1 N–H and O–H groups in total. The number of aromatic nitrogens is 4. The molecule has 2 aromatic heterocycles. The summed E-state index contributed by atoms with van der Waals surface area (Å²) in [4.78, 5) is 12.0. The largest absolute Gasteiger partial charge is 0.326 e. The van der Waals surface area contributed by atoms with Crippen molar-refractivity contribution in [2.45, 2.75) is 13.3 Å². The highest BCUT2D eigenvalue weighted by Crippen LogP contribution is 2.27. The molecule has 2 aromatic carbocycles. The monoisotopic (exact) mass is 349 g/mol. The molecule has 6 nitrogen and oxygen atoms in total. The fraction of sp³-hybridized carbons (Fsp3) is 0.111. The van der Waals surface area contributed by atoms with Gasteiger partial charge < -0.3 is 5.32 Å². The molecule has 0 aliphatic carbocycles. The molecule has 2 heterocycles. The lowest BCUT2D eigenvalue weighted by Crippen LogP contribution is -2.05. The number of amides is 1. The topological polar surface area (TPSA) is 72.2 Å². The Hall–Kier alpha value is -3.06. The molecule has 0 saturated heterocycles. The Balaban J connectivity index is 1.67. The van der Waals surface area contributed by atoms with E-state index in [2.05, 4.69) is 32.7 Å². The van der Waals surface area contributed by atoms with Gasteiger partial charge in [0.25, 0.3) is 0 Å². The van der Waals surface area contributed by atoms with Crippen LogP contribution in [0.3, 0.4) is 0 Å². The summed E-state index contributed by atoms with van der Waals surface area (Å²) < 4.78 is 1.79. The molecule has 0 aliphatic rings. The summed E-state index contributed by atoms with van der Waals surface area (Å²) in [5.74, 6) is 0.710. The van der Waals surface area contributed by atoms with E-state index in [1.54, 1.807) is 4.52 Å². The van der Waals surface area contributed by atoms with Crippen LogP contribution in [0.15, 0.2) is 54.6 Å². The molecular formula is C18H15N5OS. The van der Waals surface area contributed by atoms with Gasteiger partial charge in [-0.15, -0.1) is 10.2 Å². The molecule has 0 spiro atoms. The number of anilines is 1. The molecule has 0 atom stereocenters. The van der Waals surface area contributed by atoms with E-state index in [1.165, 1.54) is 23.8 Å². The number of carbonyl (C=O) groups is 1. The minimum absolute atomic E-state index is 0.0968. The van der Waals surface area contributed by atoms with Gasteiger partial charge in [-0.1, -0.05) is 53.8 Å². The van der Waals surface area contributed by atoms with Crippen molar-refractivity contribution < 1.29 is 4.79 Å². The highest BCUT2D eigenvalue weighted by molar-refractivity contribution is 7.19. The Bertz CT molecular complexity index is 1040. The van der Waals surface area contributed by atoms with E-state index in [0.717, 1.165) is 27.0 Å². The standard InChI is InChI=1S/C18H15N5OS/c1-12(24)19-15-9-5-8-14(11-15)17-22-23-16(20-21-18(23)25-17)10-13-6-3-2-4-7-13/h2-9,11H,10H2,1H3,(H,19,24). The van der Waals surface area contributed by atoms with Crippen LogP contribution in [0.4, 0.5) is 5.69 Å². The molecule has 0 aliphatic heterocycles. The fourth-order valence-electron chi connectivity index (χ4n) is 2.60. The summed E-state index contributed by atoms with van der Waals surface area (Å²) in [7, 11) is 0. The zero-order valence-electron chi connectivity index (χ0n) is 13.5.